The van der Waals surface area contributed by atoms with Crippen LogP contribution in [0.15, 0.2) is 36.4 Å². The molecule has 2 saturated carbocycles. The summed E-state index contributed by atoms with van der Waals surface area (Å²) in [5.74, 6) is 1.86. The average molecular weight is 410 g/mol. The second-order valence-corrected chi connectivity index (χ2v) is 9.76. The predicted molar refractivity (Wildman–Crippen MR) is 115 cm³/mol. The molecule has 6 nitrogen and oxygen atoms in total. The highest BCUT2D eigenvalue weighted by molar-refractivity contribution is 5.92. The highest BCUT2D eigenvalue weighted by Crippen LogP contribution is 2.49. The Hall–Kier alpha value is -2.63. The molecule has 6 heteroatoms. The van der Waals surface area contributed by atoms with Gasteiger partial charge in [0, 0.05) is 17.9 Å². The highest BCUT2D eigenvalue weighted by atomic mass is 16.5. The SMILES string of the molecule is CC(C)(C)c1cc(NC(=O)COC(=O)CC2CC3CCC2C3)n(-c2ccccc2)n1. The molecule has 1 N–H and O–H groups in total. The van der Waals surface area contributed by atoms with Gasteiger partial charge < -0.3 is 10.1 Å². The molecule has 4 rings (SSSR count). The van der Waals surface area contributed by atoms with Gasteiger partial charge >= 0.3 is 5.97 Å². The van der Waals surface area contributed by atoms with Gasteiger partial charge in [-0.05, 0) is 49.1 Å². The number of fused-ring (bicyclic) bond motifs is 2. The van der Waals surface area contributed by atoms with E-state index < -0.39 is 0 Å². The number of para-hydroxylation sites is 1. The van der Waals surface area contributed by atoms with E-state index in [0.717, 1.165) is 23.7 Å². The zero-order valence-electron chi connectivity index (χ0n) is 18.1. The number of esters is 1. The second kappa shape index (κ2) is 8.25. The minimum atomic E-state index is -0.353. The first-order valence-corrected chi connectivity index (χ1v) is 10.9. The van der Waals surface area contributed by atoms with Crippen molar-refractivity contribution in [2.24, 2.45) is 17.8 Å². The summed E-state index contributed by atoms with van der Waals surface area (Å²) in [6, 6.07) is 11.5. The van der Waals surface area contributed by atoms with Crippen molar-refractivity contribution in [3.8, 4) is 5.69 Å². The largest absolute Gasteiger partial charge is 0.456 e. The predicted octanol–water partition coefficient (Wildman–Crippen LogP) is 4.48. The first kappa shape index (κ1) is 20.6. The van der Waals surface area contributed by atoms with Crippen molar-refractivity contribution in [3.05, 3.63) is 42.1 Å². The van der Waals surface area contributed by atoms with Crippen molar-refractivity contribution in [2.45, 2.75) is 58.3 Å². The molecule has 1 amide bonds. The molecule has 160 valence electrons. The van der Waals surface area contributed by atoms with Crippen molar-refractivity contribution < 1.29 is 14.3 Å². The van der Waals surface area contributed by atoms with Crippen LogP contribution in [0.5, 0.6) is 0 Å². The molecular formula is C24H31N3O3. The monoisotopic (exact) mass is 409 g/mol. The number of benzene rings is 1. The number of hydrogen-bond acceptors (Lipinski definition) is 4. The fourth-order valence-corrected chi connectivity index (χ4v) is 4.83. The maximum absolute atomic E-state index is 12.5. The van der Waals surface area contributed by atoms with Gasteiger partial charge in [-0.15, -0.1) is 0 Å². The van der Waals surface area contributed by atoms with E-state index in [1.54, 1.807) is 4.68 Å². The lowest BCUT2D eigenvalue weighted by Crippen LogP contribution is -2.24. The third-order valence-corrected chi connectivity index (χ3v) is 6.42. The Morgan fingerprint density at radius 1 is 1.17 bits per heavy atom. The lowest BCUT2D eigenvalue weighted by Gasteiger charge is -2.20. The Morgan fingerprint density at radius 3 is 2.57 bits per heavy atom. The van der Waals surface area contributed by atoms with Gasteiger partial charge in [0.1, 0.15) is 5.82 Å². The summed E-state index contributed by atoms with van der Waals surface area (Å²) < 4.78 is 7.00. The Kier molecular flexibility index (Phi) is 5.67. The van der Waals surface area contributed by atoms with Gasteiger partial charge in [-0.25, -0.2) is 4.68 Å². The molecule has 0 saturated heterocycles. The summed E-state index contributed by atoms with van der Waals surface area (Å²) in [5, 5.41) is 7.55. The van der Waals surface area contributed by atoms with E-state index >= 15 is 0 Å². The molecule has 30 heavy (non-hydrogen) atoms. The maximum Gasteiger partial charge on any atom is 0.306 e. The second-order valence-electron chi connectivity index (χ2n) is 9.76. The number of nitrogens with zero attached hydrogens (tertiary/aromatic N) is 2. The third kappa shape index (κ3) is 4.58. The number of aromatic nitrogens is 2. The molecule has 2 fully saturated rings. The van der Waals surface area contributed by atoms with Crippen LogP contribution in [0.3, 0.4) is 0 Å². The summed E-state index contributed by atoms with van der Waals surface area (Å²) >= 11 is 0. The van der Waals surface area contributed by atoms with Crippen molar-refractivity contribution in [2.75, 3.05) is 11.9 Å². The van der Waals surface area contributed by atoms with Crippen LogP contribution in [-0.2, 0) is 19.7 Å². The van der Waals surface area contributed by atoms with Crippen LogP contribution in [0.2, 0.25) is 0 Å². The molecule has 0 spiro atoms. The molecule has 1 aromatic heterocycles. The molecule has 3 unspecified atom stereocenters. The summed E-state index contributed by atoms with van der Waals surface area (Å²) in [4.78, 5) is 24.7. The smallest absolute Gasteiger partial charge is 0.306 e. The fourth-order valence-electron chi connectivity index (χ4n) is 4.83. The minimum Gasteiger partial charge on any atom is -0.456 e. The van der Waals surface area contributed by atoms with Gasteiger partial charge in [-0.1, -0.05) is 45.4 Å². The first-order chi connectivity index (χ1) is 14.3. The molecule has 2 aromatic rings. The first-order valence-electron chi connectivity index (χ1n) is 10.9. The van der Waals surface area contributed by atoms with Crippen LogP contribution in [0.25, 0.3) is 5.69 Å². The van der Waals surface area contributed by atoms with Gasteiger partial charge in [-0.3, -0.25) is 9.59 Å². The number of amides is 1. The fraction of sp³-hybridized carbons (Fsp3) is 0.542. The highest BCUT2D eigenvalue weighted by Gasteiger charge is 2.40. The van der Waals surface area contributed by atoms with Gasteiger partial charge in [0.15, 0.2) is 6.61 Å². The number of ether oxygens (including phenoxy) is 1. The van der Waals surface area contributed by atoms with Gasteiger partial charge in [-0.2, -0.15) is 5.10 Å². The van der Waals surface area contributed by atoms with Crippen molar-refractivity contribution in [3.63, 3.8) is 0 Å². The van der Waals surface area contributed by atoms with E-state index in [0.29, 0.717) is 24.1 Å². The number of nitrogens with one attached hydrogen (secondary N) is 1. The molecule has 1 aromatic carbocycles. The minimum absolute atomic E-state index is 0.160. The molecule has 0 aliphatic heterocycles. The lowest BCUT2D eigenvalue weighted by molar-refractivity contribution is -0.148. The van der Waals surface area contributed by atoms with E-state index in [1.165, 1.54) is 19.3 Å². The van der Waals surface area contributed by atoms with Gasteiger partial charge in [0.05, 0.1) is 11.4 Å². The van der Waals surface area contributed by atoms with E-state index in [4.69, 9.17) is 4.74 Å². The summed E-state index contributed by atoms with van der Waals surface area (Å²) in [6.45, 7) is 5.96. The van der Waals surface area contributed by atoms with Crippen LogP contribution in [0.1, 0.15) is 58.6 Å². The van der Waals surface area contributed by atoms with Crippen LogP contribution in [0.4, 0.5) is 5.82 Å². The normalized spacial score (nSPS) is 22.8. The van der Waals surface area contributed by atoms with Crippen molar-refractivity contribution in [1.29, 1.82) is 0 Å². The lowest BCUT2D eigenvalue weighted by atomic mass is 9.86. The Balaban J connectivity index is 1.37. The molecule has 1 heterocycles. The van der Waals surface area contributed by atoms with E-state index in [-0.39, 0.29) is 23.9 Å². The van der Waals surface area contributed by atoms with Crippen molar-refractivity contribution >= 4 is 17.7 Å². The van der Waals surface area contributed by atoms with E-state index in [1.807, 2.05) is 36.4 Å². The van der Waals surface area contributed by atoms with Crippen molar-refractivity contribution in [1.82, 2.24) is 9.78 Å². The molecule has 2 aliphatic rings. The molecule has 0 radical (unpaired) electrons. The van der Waals surface area contributed by atoms with Crippen LogP contribution in [-0.4, -0.2) is 28.3 Å². The number of rotatable bonds is 6. The van der Waals surface area contributed by atoms with E-state index in [9.17, 15) is 9.59 Å². The Bertz CT molecular complexity index is 914. The van der Waals surface area contributed by atoms with E-state index in [2.05, 4.69) is 31.2 Å². The zero-order valence-corrected chi connectivity index (χ0v) is 18.1. The Labute approximate surface area is 178 Å². The average Bonchev–Trinajstić information content (AvgIpc) is 3.42. The number of carbonyl (C=O) groups excluding carboxylic acids is 2. The summed E-state index contributed by atoms with van der Waals surface area (Å²) in [7, 11) is 0. The molecular weight excluding hydrogens is 378 g/mol. The third-order valence-electron chi connectivity index (χ3n) is 6.42. The number of anilines is 1. The summed E-state index contributed by atoms with van der Waals surface area (Å²) in [6.07, 6.45) is 5.38. The van der Waals surface area contributed by atoms with Crippen LogP contribution in [0, 0.1) is 17.8 Å². The summed E-state index contributed by atoms with van der Waals surface area (Å²) in [5.41, 5.74) is 1.57. The zero-order chi connectivity index (χ0) is 21.3. The topological polar surface area (TPSA) is 73.2 Å². The van der Waals surface area contributed by atoms with Gasteiger partial charge in [0.25, 0.3) is 5.91 Å². The quantitative estimate of drug-likeness (QED) is 0.714. The molecule has 2 bridgehead atoms. The Morgan fingerprint density at radius 2 is 1.93 bits per heavy atom. The molecule has 3 atom stereocenters. The maximum atomic E-state index is 12.5. The van der Waals surface area contributed by atoms with Gasteiger partial charge in [0.2, 0.25) is 0 Å². The van der Waals surface area contributed by atoms with Crippen LogP contribution < -0.4 is 5.32 Å². The standard InChI is InChI=1S/C24H31N3O3/c1-24(2,3)20-14-21(27(26-20)19-7-5-4-6-8-19)25-22(28)15-30-23(29)13-18-12-16-9-10-17(18)11-16/h4-8,14,16-18H,9-13,15H2,1-3H3,(H,25,28). The molecule has 2 aliphatic carbocycles. The van der Waals surface area contributed by atoms with Crippen LogP contribution >= 0.6 is 0 Å². The number of hydrogen-bond donors (Lipinski definition) is 1. The number of carbonyl (C=O) groups is 2.